The maximum absolute atomic E-state index is 7.10. The lowest BCUT2D eigenvalue weighted by Gasteiger charge is -2.30. The van der Waals surface area contributed by atoms with Gasteiger partial charge >= 0.3 is 0 Å². The first kappa shape index (κ1) is 32.1. The summed E-state index contributed by atoms with van der Waals surface area (Å²) in [6.07, 6.45) is 0. The quantitative estimate of drug-likeness (QED) is 0.176. The average Bonchev–Trinajstić information content (AvgIpc) is 4.09. The molecule has 2 aliphatic carbocycles. The van der Waals surface area contributed by atoms with Crippen LogP contribution in [0.15, 0.2) is 211 Å². The van der Waals surface area contributed by atoms with Gasteiger partial charge in [-0.3, -0.25) is 4.57 Å². The van der Waals surface area contributed by atoms with Gasteiger partial charge in [-0.25, -0.2) is 0 Å². The minimum absolute atomic E-state index is 0.427. The van der Waals surface area contributed by atoms with Gasteiger partial charge in [0.05, 0.1) is 33.0 Å². The summed E-state index contributed by atoms with van der Waals surface area (Å²) in [5, 5.41) is 5.98. The molecule has 0 saturated carbocycles. The van der Waals surface area contributed by atoms with Crippen molar-refractivity contribution in [1.29, 1.82) is 0 Å². The second-order valence-electron chi connectivity index (χ2n) is 16.3. The van der Waals surface area contributed by atoms with Crippen LogP contribution in [0.4, 0.5) is 0 Å². The predicted octanol–water partition coefficient (Wildman–Crippen LogP) is 14.6. The summed E-state index contributed by atoms with van der Waals surface area (Å²) < 4.78 is 11.9. The van der Waals surface area contributed by atoms with Crippen molar-refractivity contribution in [2.45, 2.75) is 5.41 Å². The summed E-state index contributed by atoms with van der Waals surface area (Å²) in [5.41, 5.74) is 19.9. The van der Waals surface area contributed by atoms with Gasteiger partial charge in [-0.1, -0.05) is 164 Å². The maximum atomic E-state index is 7.10. The lowest BCUT2D eigenvalue weighted by atomic mass is 9.70. The van der Waals surface area contributed by atoms with Crippen molar-refractivity contribution in [3.8, 4) is 44.8 Å². The number of fused-ring (bicyclic) bond motifs is 18. The molecule has 278 valence electrons. The van der Waals surface area contributed by atoms with Crippen LogP contribution in [-0.4, -0.2) is 9.13 Å². The van der Waals surface area contributed by atoms with Crippen LogP contribution in [0, 0.1) is 0 Å². The number of aromatic nitrogens is 2. The second kappa shape index (κ2) is 11.6. The largest absolute Gasteiger partial charge is 0.439 e. The fourth-order valence-electron chi connectivity index (χ4n) is 11.3. The standard InChI is InChI=1S/C57H34N2O/c1-7-22-44-38(15-1)39-16-2-8-23-45(39)57(44)46-24-9-3-19-42(46)53-47(57)25-14-29-51(53)59-50-28-12-6-20-43(50)55-54-37(21-13-30-52(54)60-56(55)59)35-31-33-36(34-32-35)58-48-26-10-4-17-40(48)41-18-5-11-27-49(41)58/h1-34H. The SMILES string of the molecule is c1ccc2c(c1)-c1ccccc1C21c2ccccc2-c2c(-n3c4ccccc4c4c5c(-c6ccc(-n7c8ccccc8c8ccccc87)cc6)cccc5oc43)cccc21. The Morgan fingerprint density at radius 1 is 0.350 bits per heavy atom. The molecule has 2 aliphatic rings. The van der Waals surface area contributed by atoms with Gasteiger partial charge in [-0.05, 0) is 92.5 Å². The summed E-state index contributed by atoms with van der Waals surface area (Å²) in [4.78, 5) is 0. The molecule has 3 heteroatoms. The first-order valence-electron chi connectivity index (χ1n) is 20.8. The second-order valence-corrected chi connectivity index (χ2v) is 16.3. The Morgan fingerprint density at radius 2 is 0.850 bits per heavy atom. The van der Waals surface area contributed by atoms with Gasteiger partial charge in [0, 0.05) is 32.8 Å². The summed E-state index contributed by atoms with van der Waals surface area (Å²) in [6.45, 7) is 0. The zero-order valence-electron chi connectivity index (χ0n) is 32.4. The molecule has 9 aromatic carbocycles. The fourth-order valence-corrected chi connectivity index (χ4v) is 11.3. The molecule has 0 amide bonds. The molecule has 3 aromatic heterocycles. The van der Waals surface area contributed by atoms with E-state index in [0.29, 0.717) is 0 Å². The van der Waals surface area contributed by atoms with E-state index in [9.17, 15) is 0 Å². The highest BCUT2D eigenvalue weighted by Gasteiger charge is 2.52. The Balaban J connectivity index is 1.01. The van der Waals surface area contributed by atoms with Crippen LogP contribution < -0.4 is 0 Å². The molecule has 60 heavy (non-hydrogen) atoms. The van der Waals surface area contributed by atoms with E-state index in [-0.39, 0.29) is 0 Å². The molecule has 0 fully saturated rings. The summed E-state index contributed by atoms with van der Waals surface area (Å²) in [7, 11) is 0. The van der Waals surface area contributed by atoms with Gasteiger partial charge < -0.3 is 8.98 Å². The zero-order valence-corrected chi connectivity index (χ0v) is 32.4. The smallest absolute Gasteiger partial charge is 0.213 e. The number of nitrogens with zero attached hydrogens (tertiary/aromatic N) is 2. The van der Waals surface area contributed by atoms with E-state index in [1.165, 1.54) is 71.7 Å². The van der Waals surface area contributed by atoms with Gasteiger partial charge in [0.15, 0.2) is 0 Å². The number of benzene rings is 9. The normalized spacial score (nSPS) is 13.5. The van der Waals surface area contributed by atoms with Crippen LogP contribution in [0.5, 0.6) is 0 Å². The molecule has 0 unspecified atom stereocenters. The van der Waals surface area contributed by atoms with Crippen molar-refractivity contribution in [3.05, 3.63) is 229 Å². The summed E-state index contributed by atoms with van der Waals surface area (Å²) in [6, 6.07) is 75.7. The molecule has 3 heterocycles. The van der Waals surface area contributed by atoms with Crippen LogP contribution >= 0.6 is 0 Å². The van der Waals surface area contributed by atoms with Crippen molar-refractivity contribution in [3.63, 3.8) is 0 Å². The van der Waals surface area contributed by atoms with E-state index in [1.807, 2.05) is 0 Å². The van der Waals surface area contributed by atoms with Gasteiger partial charge in [-0.15, -0.1) is 0 Å². The number of furan rings is 1. The minimum Gasteiger partial charge on any atom is -0.439 e. The Hall–Kier alpha value is -7.88. The Kier molecular flexibility index (Phi) is 6.22. The fraction of sp³-hybridized carbons (Fsp3) is 0.0175. The third-order valence-corrected chi connectivity index (χ3v) is 13.6. The molecule has 3 nitrogen and oxygen atoms in total. The van der Waals surface area contributed by atoms with Crippen LogP contribution in [0.25, 0.3) is 99.5 Å². The molecular formula is C57H34N2O. The lowest BCUT2D eigenvalue weighted by molar-refractivity contribution is 0.645. The van der Waals surface area contributed by atoms with E-state index in [4.69, 9.17) is 4.42 Å². The number of hydrogen-bond acceptors (Lipinski definition) is 1. The Morgan fingerprint density at radius 3 is 1.52 bits per heavy atom. The Bertz CT molecular complexity index is 3680. The van der Waals surface area contributed by atoms with E-state index in [0.717, 1.165) is 50.1 Å². The van der Waals surface area contributed by atoms with Crippen LogP contribution in [0.1, 0.15) is 22.3 Å². The average molecular weight is 763 g/mol. The molecule has 0 N–H and O–H groups in total. The third kappa shape index (κ3) is 3.90. The minimum atomic E-state index is -0.427. The maximum Gasteiger partial charge on any atom is 0.213 e. The van der Waals surface area contributed by atoms with Crippen LogP contribution in [0.2, 0.25) is 0 Å². The van der Waals surface area contributed by atoms with Crippen molar-refractivity contribution in [1.82, 2.24) is 9.13 Å². The molecular weight excluding hydrogens is 729 g/mol. The van der Waals surface area contributed by atoms with Gasteiger partial charge in [0.1, 0.15) is 5.58 Å². The van der Waals surface area contributed by atoms with Gasteiger partial charge in [-0.2, -0.15) is 0 Å². The van der Waals surface area contributed by atoms with Crippen molar-refractivity contribution >= 4 is 54.8 Å². The lowest BCUT2D eigenvalue weighted by Crippen LogP contribution is -2.25. The molecule has 0 atom stereocenters. The van der Waals surface area contributed by atoms with E-state index in [1.54, 1.807) is 0 Å². The molecule has 0 aliphatic heterocycles. The molecule has 12 aromatic rings. The predicted molar refractivity (Wildman–Crippen MR) is 247 cm³/mol. The molecule has 0 radical (unpaired) electrons. The highest BCUT2D eigenvalue weighted by atomic mass is 16.3. The highest BCUT2D eigenvalue weighted by molar-refractivity contribution is 6.24. The van der Waals surface area contributed by atoms with E-state index >= 15 is 0 Å². The summed E-state index contributed by atoms with van der Waals surface area (Å²) in [5.74, 6) is 0. The number of rotatable bonds is 3. The van der Waals surface area contributed by atoms with Crippen molar-refractivity contribution < 1.29 is 4.42 Å². The topological polar surface area (TPSA) is 23.0 Å². The molecule has 0 bridgehead atoms. The third-order valence-electron chi connectivity index (χ3n) is 13.6. The Labute approximate surface area is 345 Å². The zero-order chi connectivity index (χ0) is 39.1. The first-order chi connectivity index (χ1) is 29.8. The van der Waals surface area contributed by atoms with Gasteiger partial charge in [0.2, 0.25) is 5.71 Å². The monoisotopic (exact) mass is 762 g/mol. The van der Waals surface area contributed by atoms with Crippen molar-refractivity contribution in [2.75, 3.05) is 0 Å². The number of hydrogen-bond donors (Lipinski definition) is 0. The molecule has 0 saturated heterocycles. The van der Waals surface area contributed by atoms with E-state index < -0.39 is 5.41 Å². The van der Waals surface area contributed by atoms with E-state index in [2.05, 4.69) is 215 Å². The number of para-hydroxylation sites is 3. The van der Waals surface area contributed by atoms with Gasteiger partial charge in [0.25, 0.3) is 0 Å². The first-order valence-corrected chi connectivity index (χ1v) is 20.8. The van der Waals surface area contributed by atoms with Crippen LogP contribution in [-0.2, 0) is 5.41 Å². The molecule has 1 spiro atoms. The molecule has 14 rings (SSSR count). The van der Waals surface area contributed by atoms with Crippen molar-refractivity contribution in [2.24, 2.45) is 0 Å². The highest BCUT2D eigenvalue weighted by Crippen LogP contribution is 2.63. The summed E-state index contributed by atoms with van der Waals surface area (Å²) >= 11 is 0. The van der Waals surface area contributed by atoms with Crippen LogP contribution in [0.3, 0.4) is 0 Å².